The Labute approximate surface area is 187 Å². The highest BCUT2D eigenvalue weighted by Crippen LogP contribution is 2.48. The van der Waals surface area contributed by atoms with Crippen molar-refractivity contribution in [3.05, 3.63) is 59.7 Å². The summed E-state index contributed by atoms with van der Waals surface area (Å²) in [6.45, 7) is 3.66. The molecule has 0 unspecified atom stereocenters. The molecule has 3 heterocycles. The first-order valence-corrected chi connectivity index (χ1v) is 11.4. The number of carbonyl (C=O) groups is 1. The first kappa shape index (κ1) is 21.0. The Morgan fingerprint density at radius 3 is 2.53 bits per heavy atom. The molecule has 2 aromatic carbocycles. The van der Waals surface area contributed by atoms with Crippen LogP contribution in [-0.4, -0.2) is 54.5 Å². The fraction of sp³-hybridized carbons (Fsp3) is 0.423. The molecule has 0 radical (unpaired) electrons. The Kier molecular flexibility index (Phi) is 5.84. The maximum Gasteiger partial charge on any atom is 0.223 e. The van der Waals surface area contributed by atoms with E-state index < -0.39 is 0 Å². The van der Waals surface area contributed by atoms with Gasteiger partial charge in [0.2, 0.25) is 5.91 Å². The largest absolute Gasteiger partial charge is 0.337 e. The maximum atomic E-state index is 14.1. The van der Waals surface area contributed by atoms with Crippen LogP contribution in [0.2, 0.25) is 0 Å². The molecule has 2 aromatic rings. The van der Waals surface area contributed by atoms with Crippen LogP contribution in [-0.2, 0) is 4.79 Å². The normalized spacial score (nSPS) is 22.9. The quantitative estimate of drug-likeness (QED) is 0.673. The van der Waals surface area contributed by atoms with Gasteiger partial charge in [0.15, 0.2) is 0 Å². The lowest BCUT2D eigenvalue weighted by molar-refractivity contribution is -0.132. The van der Waals surface area contributed by atoms with Crippen molar-refractivity contribution in [2.24, 2.45) is 0 Å². The smallest absolute Gasteiger partial charge is 0.223 e. The number of fused-ring (bicyclic) bond motifs is 3. The van der Waals surface area contributed by atoms with Gasteiger partial charge in [-0.05, 0) is 67.3 Å². The summed E-state index contributed by atoms with van der Waals surface area (Å²) in [5.41, 5.74) is 2.95. The summed E-state index contributed by atoms with van der Waals surface area (Å²) in [6.07, 6.45) is 3.60. The zero-order valence-corrected chi connectivity index (χ0v) is 18.1. The van der Waals surface area contributed by atoms with Crippen LogP contribution in [0.25, 0.3) is 0 Å². The van der Waals surface area contributed by atoms with E-state index in [1.54, 1.807) is 18.2 Å². The van der Waals surface area contributed by atoms with Crippen molar-refractivity contribution in [1.29, 1.82) is 0 Å². The van der Waals surface area contributed by atoms with Crippen molar-refractivity contribution in [3.8, 4) is 11.8 Å². The Morgan fingerprint density at radius 2 is 1.72 bits per heavy atom. The van der Waals surface area contributed by atoms with E-state index in [-0.39, 0.29) is 29.5 Å². The van der Waals surface area contributed by atoms with Gasteiger partial charge in [-0.1, -0.05) is 11.8 Å². The molecule has 6 heteroatoms. The molecule has 0 aliphatic carbocycles. The number of carbonyl (C=O) groups excluding carboxylic acids is 1. The summed E-state index contributed by atoms with van der Waals surface area (Å²) >= 11 is 0. The number of hydrogen-bond donors (Lipinski definition) is 0. The predicted octanol–water partition coefficient (Wildman–Crippen LogP) is 4.29. The van der Waals surface area contributed by atoms with Crippen molar-refractivity contribution in [1.82, 2.24) is 9.80 Å². The van der Waals surface area contributed by atoms with Crippen molar-refractivity contribution in [2.75, 3.05) is 37.6 Å². The molecule has 166 valence electrons. The summed E-state index contributed by atoms with van der Waals surface area (Å²) in [5.74, 6) is 6.29. The highest BCUT2D eigenvalue weighted by atomic mass is 19.1. The fourth-order valence-corrected chi connectivity index (χ4v) is 5.27. The topological polar surface area (TPSA) is 26.8 Å². The van der Waals surface area contributed by atoms with Gasteiger partial charge in [0.25, 0.3) is 0 Å². The number of piperidine rings is 2. The number of rotatable bonds is 3. The number of halogens is 2. The molecule has 32 heavy (non-hydrogen) atoms. The number of amides is 1. The van der Waals surface area contributed by atoms with Crippen LogP contribution >= 0.6 is 0 Å². The Hall–Kier alpha value is -2.91. The lowest BCUT2D eigenvalue weighted by atomic mass is 9.89. The molecule has 0 spiro atoms. The maximum absolute atomic E-state index is 14.1. The summed E-state index contributed by atoms with van der Waals surface area (Å²) in [5, 5.41) is 0. The van der Waals surface area contributed by atoms with E-state index in [1.165, 1.54) is 18.2 Å². The molecule has 1 amide bonds. The van der Waals surface area contributed by atoms with Gasteiger partial charge < -0.3 is 9.80 Å². The Morgan fingerprint density at radius 1 is 0.938 bits per heavy atom. The Bertz CT molecular complexity index is 1060. The molecule has 3 aliphatic heterocycles. The summed E-state index contributed by atoms with van der Waals surface area (Å²) < 4.78 is 27.6. The number of benzene rings is 2. The molecular weight excluding hydrogens is 408 g/mol. The molecule has 0 bridgehead atoms. The van der Waals surface area contributed by atoms with E-state index in [9.17, 15) is 13.6 Å². The van der Waals surface area contributed by atoms with Gasteiger partial charge in [-0.2, -0.15) is 0 Å². The predicted molar refractivity (Wildman–Crippen MR) is 121 cm³/mol. The molecular formula is C26H27F2N3O. The van der Waals surface area contributed by atoms with Gasteiger partial charge in [0.05, 0.1) is 13.1 Å². The summed E-state index contributed by atoms with van der Waals surface area (Å²) in [6, 6.07) is 11.7. The van der Waals surface area contributed by atoms with Crippen LogP contribution in [0.15, 0.2) is 42.5 Å². The number of anilines is 2. The van der Waals surface area contributed by atoms with Gasteiger partial charge in [-0.25, -0.2) is 8.78 Å². The van der Waals surface area contributed by atoms with E-state index in [1.807, 2.05) is 11.0 Å². The van der Waals surface area contributed by atoms with Crippen LogP contribution in [0.5, 0.6) is 0 Å². The number of likely N-dealkylation sites (tertiary alicyclic amines) is 2. The molecule has 0 aromatic heterocycles. The van der Waals surface area contributed by atoms with Crippen LogP contribution in [0.4, 0.5) is 20.2 Å². The molecule has 0 saturated carbocycles. The van der Waals surface area contributed by atoms with Crippen molar-refractivity contribution >= 4 is 17.3 Å². The molecule has 2 atom stereocenters. The van der Waals surface area contributed by atoms with E-state index in [4.69, 9.17) is 0 Å². The first-order valence-electron chi connectivity index (χ1n) is 11.4. The van der Waals surface area contributed by atoms with E-state index >= 15 is 0 Å². The number of nitrogens with zero attached hydrogens (tertiary/aromatic N) is 3. The van der Waals surface area contributed by atoms with E-state index in [0.717, 1.165) is 55.8 Å². The first-order chi connectivity index (χ1) is 15.6. The minimum absolute atomic E-state index is 0.171. The molecule has 3 aliphatic rings. The highest BCUT2D eigenvalue weighted by molar-refractivity contribution is 5.77. The molecule has 2 saturated heterocycles. The number of hydrogen-bond acceptors (Lipinski definition) is 3. The van der Waals surface area contributed by atoms with Crippen LogP contribution in [0.1, 0.15) is 37.2 Å². The third-order valence-corrected chi connectivity index (χ3v) is 6.86. The van der Waals surface area contributed by atoms with E-state index in [2.05, 4.69) is 21.6 Å². The lowest BCUT2D eigenvalue weighted by Gasteiger charge is -2.38. The van der Waals surface area contributed by atoms with Gasteiger partial charge in [-0.15, -0.1) is 0 Å². The Balaban J connectivity index is 1.30. The third-order valence-electron chi connectivity index (χ3n) is 6.86. The zero-order valence-electron chi connectivity index (χ0n) is 18.1. The van der Waals surface area contributed by atoms with Crippen LogP contribution in [0.3, 0.4) is 0 Å². The fourth-order valence-electron chi connectivity index (χ4n) is 5.27. The van der Waals surface area contributed by atoms with Crippen LogP contribution < -0.4 is 4.90 Å². The monoisotopic (exact) mass is 435 g/mol. The zero-order chi connectivity index (χ0) is 22.1. The van der Waals surface area contributed by atoms with Gasteiger partial charge in [0, 0.05) is 49.4 Å². The SMILES string of the molecule is O=C1CCCCN1CC#CCN1CC[C@@H]2[C@@H](C1)c1cc(F)ccc1N2c1ccc(F)cc1. The minimum Gasteiger partial charge on any atom is -0.337 e. The summed E-state index contributed by atoms with van der Waals surface area (Å²) in [4.78, 5) is 18.3. The third kappa shape index (κ3) is 4.10. The van der Waals surface area contributed by atoms with Crippen LogP contribution in [0, 0.1) is 23.5 Å². The standard InChI is InChI=1S/C26H27F2N3O/c27-19-6-9-21(10-7-19)31-24-11-8-20(28)17-22(24)23-18-29(16-12-25(23)31)13-3-4-15-30-14-2-1-5-26(30)32/h6-11,17,23,25H,1-2,5,12-16,18H2/t23-,25+/m0/s1. The molecule has 4 nitrogen and oxygen atoms in total. The second-order valence-electron chi connectivity index (χ2n) is 8.87. The van der Waals surface area contributed by atoms with Gasteiger partial charge in [-0.3, -0.25) is 9.69 Å². The average Bonchev–Trinajstić information content (AvgIpc) is 3.11. The second kappa shape index (κ2) is 8.91. The van der Waals surface area contributed by atoms with Crippen molar-refractivity contribution in [3.63, 3.8) is 0 Å². The van der Waals surface area contributed by atoms with E-state index in [0.29, 0.717) is 19.5 Å². The summed E-state index contributed by atoms with van der Waals surface area (Å²) in [7, 11) is 0. The molecule has 5 rings (SSSR count). The highest BCUT2D eigenvalue weighted by Gasteiger charge is 2.42. The van der Waals surface area contributed by atoms with Crippen molar-refractivity contribution in [2.45, 2.75) is 37.6 Å². The molecule has 0 N–H and O–H groups in total. The minimum atomic E-state index is -0.261. The van der Waals surface area contributed by atoms with Crippen molar-refractivity contribution < 1.29 is 13.6 Å². The molecule has 2 fully saturated rings. The lowest BCUT2D eigenvalue weighted by Crippen LogP contribution is -2.45. The average molecular weight is 436 g/mol. The second-order valence-corrected chi connectivity index (χ2v) is 8.87. The van der Waals surface area contributed by atoms with Gasteiger partial charge in [0.1, 0.15) is 11.6 Å². The van der Waals surface area contributed by atoms with Gasteiger partial charge >= 0.3 is 0 Å².